The van der Waals surface area contributed by atoms with Gasteiger partial charge in [-0.3, -0.25) is 0 Å². The molecule has 0 saturated carbocycles. The largest absolute Gasteiger partial charge is 0.398 e. The molecule has 1 fully saturated rings. The summed E-state index contributed by atoms with van der Waals surface area (Å²) in [4.78, 5) is 0.0910. The molecule has 0 radical (unpaired) electrons. The Kier molecular flexibility index (Phi) is 4.33. The summed E-state index contributed by atoms with van der Waals surface area (Å²) in [6, 6.07) is 4.87. The number of nitrogens with two attached hydrogens (primary N) is 1. The maximum atomic E-state index is 12.3. The van der Waals surface area contributed by atoms with E-state index < -0.39 is 15.6 Å². The summed E-state index contributed by atoms with van der Waals surface area (Å²) in [5.74, 6) is 0. The number of rotatable bonds is 5. The highest BCUT2D eigenvalue weighted by Gasteiger charge is 2.36. The molecule has 6 nitrogen and oxygen atoms in total. The molecule has 2 rings (SSSR count). The molecular weight excluding hydrogens is 280 g/mol. The van der Waals surface area contributed by atoms with Crippen molar-refractivity contribution in [3.8, 4) is 0 Å². The quantitative estimate of drug-likeness (QED) is 0.780. The Morgan fingerprint density at radius 1 is 1.50 bits per heavy atom. The van der Waals surface area contributed by atoms with Crippen LogP contribution < -0.4 is 10.5 Å². The molecule has 1 heterocycles. The number of ether oxygens (including phenoxy) is 2. The zero-order valence-electron chi connectivity index (χ0n) is 11.7. The Balaban J connectivity index is 2.15. The molecule has 1 saturated heterocycles. The standard InChI is InChI=1S/C13H20N2O4S/c1-10-3-4-12(11(14)7-10)20(16,17)15-8-13(18-2)5-6-19-9-13/h3-4,7,15H,5-6,8-9,14H2,1-2H3. The monoisotopic (exact) mass is 300 g/mol. The minimum Gasteiger partial charge on any atom is -0.398 e. The third-order valence-electron chi connectivity index (χ3n) is 3.54. The van der Waals surface area contributed by atoms with E-state index in [1.807, 2.05) is 6.92 Å². The lowest BCUT2D eigenvalue weighted by Crippen LogP contribution is -2.45. The minimum atomic E-state index is -3.65. The zero-order valence-corrected chi connectivity index (χ0v) is 12.5. The van der Waals surface area contributed by atoms with Gasteiger partial charge in [-0.15, -0.1) is 0 Å². The Labute approximate surface area is 119 Å². The van der Waals surface area contributed by atoms with E-state index in [1.54, 1.807) is 19.2 Å². The number of anilines is 1. The van der Waals surface area contributed by atoms with Crippen molar-refractivity contribution in [3.63, 3.8) is 0 Å². The molecule has 7 heteroatoms. The Morgan fingerprint density at radius 2 is 2.25 bits per heavy atom. The summed E-state index contributed by atoms with van der Waals surface area (Å²) in [5, 5.41) is 0. The van der Waals surface area contributed by atoms with E-state index in [4.69, 9.17) is 15.2 Å². The first-order valence-corrected chi connectivity index (χ1v) is 7.86. The van der Waals surface area contributed by atoms with Gasteiger partial charge in [-0.05, 0) is 24.6 Å². The van der Waals surface area contributed by atoms with Gasteiger partial charge in [0.1, 0.15) is 10.5 Å². The maximum Gasteiger partial charge on any atom is 0.242 e. The number of hydrogen-bond donors (Lipinski definition) is 2. The van der Waals surface area contributed by atoms with E-state index in [0.29, 0.717) is 19.6 Å². The van der Waals surface area contributed by atoms with Gasteiger partial charge in [0.05, 0.1) is 12.3 Å². The molecule has 3 N–H and O–H groups in total. The molecule has 0 aromatic heterocycles. The van der Waals surface area contributed by atoms with E-state index >= 15 is 0 Å². The van der Waals surface area contributed by atoms with Crippen molar-refractivity contribution in [1.82, 2.24) is 4.72 Å². The SMILES string of the molecule is COC1(CNS(=O)(=O)c2ccc(C)cc2N)CCOC1. The van der Waals surface area contributed by atoms with E-state index in [-0.39, 0.29) is 17.1 Å². The molecule has 1 aliphatic heterocycles. The first kappa shape index (κ1) is 15.2. The van der Waals surface area contributed by atoms with Gasteiger partial charge in [0, 0.05) is 26.7 Å². The number of benzene rings is 1. The summed E-state index contributed by atoms with van der Waals surface area (Å²) in [7, 11) is -2.10. The predicted molar refractivity (Wildman–Crippen MR) is 76.0 cm³/mol. The topological polar surface area (TPSA) is 90.7 Å². The zero-order chi connectivity index (χ0) is 14.8. The van der Waals surface area contributed by atoms with Gasteiger partial charge in [0.25, 0.3) is 0 Å². The van der Waals surface area contributed by atoms with E-state index in [1.165, 1.54) is 6.07 Å². The smallest absolute Gasteiger partial charge is 0.242 e. The van der Waals surface area contributed by atoms with Gasteiger partial charge in [-0.1, -0.05) is 6.07 Å². The predicted octanol–water partition coefficient (Wildman–Crippen LogP) is 0.661. The first-order valence-electron chi connectivity index (χ1n) is 6.37. The Hall–Kier alpha value is -1.15. The van der Waals surface area contributed by atoms with Crippen LogP contribution in [0.1, 0.15) is 12.0 Å². The molecule has 1 aromatic carbocycles. The second-order valence-corrected chi connectivity index (χ2v) is 6.79. The summed E-state index contributed by atoms with van der Waals surface area (Å²) < 4.78 is 37.8. The van der Waals surface area contributed by atoms with Crippen LogP contribution >= 0.6 is 0 Å². The maximum absolute atomic E-state index is 12.3. The Morgan fingerprint density at radius 3 is 2.80 bits per heavy atom. The van der Waals surface area contributed by atoms with Crippen molar-refractivity contribution >= 4 is 15.7 Å². The third kappa shape index (κ3) is 3.12. The molecule has 112 valence electrons. The average molecular weight is 300 g/mol. The summed E-state index contributed by atoms with van der Waals surface area (Å²) >= 11 is 0. The van der Waals surface area contributed by atoms with Crippen LogP contribution in [0.4, 0.5) is 5.69 Å². The van der Waals surface area contributed by atoms with Gasteiger partial charge in [0.15, 0.2) is 0 Å². The molecule has 1 aromatic rings. The second kappa shape index (κ2) is 5.69. The van der Waals surface area contributed by atoms with Gasteiger partial charge in [-0.25, -0.2) is 13.1 Å². The highest BCUT2D eigenvalue weighted by atomic mass is 32.2. The molecular formula is C13H20N2O4S. The summed E-state index contributed by atoms with van der Waals surface area (Å²) in [6.45, 7) is 2.98. The fraction of sp³-hybridized carbons (Fsp3) is 0.538. The second-order valence-electron chi connectivity index (χ2n) is 5.06. The van der Waals surface area contributed by atoms with Crippen molar-refractivity contribution in [3.05, 3.63) is 23.8 Å². The summed E-state index contributed by atoms with van der Waals surface area (Å²) in [6.07, 6.45) is 0.662. The van der Waals surface area contributed by atoms with Gasteiger partial charge >= 0.3 is 0 Å². The van der Waals surface area contributed by atoms with Crippen LogP contribution in [0, 0.1) is 6.92 Å². The van der Waals surface area contributed by atoms with Crippen molar-refractivity contribution in [2.45, 2.75) is 23.8 Å². The average Bonchev–Trinajstić information content (AvgIpc) is 2.85. The molecule has 20 heavy (non-hydrogen) atoms. The minimum absolute atomic E-state index is 0.0910. The van der Waals surface area contributed by atoms with Gasteiger partial charge in [0.2, 0.25) is 10.0 Å². The highest BCUT2D eigenvalue weighted by molar-refractivity contribution is 7.89. The van der Waals surface area contributed by atoms with E-state index in [9.17, 15) is 8.42 Å². The molecule has 1 aliphatic rings. The lowest BCUT2D eigenvalue weighted by Gasteiger charge is -2.25. The van der Waals surface area contributed by atoms with Gasteiger partial charge in [-0.2, -0.15) is 0 Å². The van der Waals surface area contributed by atoms with Crippen LogP contribution in [0.5, 0.6) is 0 Å². The third-order valence-corrected chi connectivity index (χ3v) is 5.01. The van der Waals surface area contributed by atoms with Crippen molar-refractivity contribution in [2.75, 3.05) is 32.6 Å². The number of hydrogen-bond acceptors (Lipinski definition) is 5. The highest BCUT2D eigenvalue weighted by Crippen LogP contribution is 2.24. The lowest BCUT2D eigenvalue weighted by molar-refractivity contribution is -0.0120. The summed E-state index contributed by atoms with van der Waals surface area (Å²) in [5.41, 5.74) is 6.35. The van der Waals surface area contributed by atoms with Crippen LogP contribution in [-0.4, -0.2) is 40.9 Å². The number of sulfonamides is 1. The van der Waals surface area contributed by atoms with Crippen LogP contribution in [0.3, 0.4) is 0 Å². The fourth-order valence-electron chi connectivity index (χ4n) is 2.18. The number of nitrogens with one attached hydrogen (secondary N) is 1. The number of aryl methyl sites for hydroxylation is 1. The molecule has 1 atom stereocenters. The van der Waals surface area contributed by atoms with Crippen LogP contribution in [0.2, 0.25) is 0 Å². The van der Waals surface area contributed by atoms with E-state index in [2.05, 4.69) is 4.72 Å². The van der Waals surface area contributed by atoms with Crippen molar-refractivity contribution in [1.29, 1.82) is 0 Å². The molecule has 1 unspecified atom stereocenters. The van der Waals surface area contributed by atoms with Crippen molar-refractivity contribution in [2.24, 2.45) is 0 Å². The Bertz CT molecular complexity index is 580. The van der Waals surface area contributed by atoms with Gasteiger partial charge < -0.3 is 15.2 Å². The molecule has 0 bridgehead atoms. The molecule has 0 spiro atoms. The van der Waals surface area contributed by atoms with Crippen LogP contribution in [-0.2, 0) is 19.5 Å². The number of nitrogen functional groups attached to an aromatic ring is 1. The first-order chi connectivity index (χ1) is 9.38. The fourth-order valence-corrected chi connectivity index (χ4v) is 3.40. The normalized spacial score (nSPS) is 23.1. The lowest BCUT2D eigenvalue weighted by atomic mass is 10.0. The van der Waals surface area contributed by atoms with E-state index in [0.717, 1.165) is 5.56 Å². The van der Waals surface area contributed by atoms with Crippen LogP contribution in [0.15, 0.2) is 23.1 Å². The van der Waals surface area contributed by atoms with Crippen LogP contribution in [0.25, 0.3) is 0 Å². The number of methoxy groups -OCH3 is 1. The van der Waals surface area contributed by atoms with Crippen molar-refractivity contribution < 1.29 is 17.9 Å². The molecule has 0 aliphatic carbocycles. The molecule has 0 amide bonds.